The summed E-state index contributed by atoms with van der Waals surface area (Å²) in [5.41, 5.74) is 1.26. The third-order valence-electron chi connectivity index (χ3n) is 3.20. The fourth-order valence-corrected chi connectivity index (χ4v) is 2.03. The number of carbonyl (C=O) groups is 1. The van der Waals surface area contributed by atoms with Crippen LogP contribution in [0.25, 0.3) is 0 Å². The van der Waals surface area contributed by atoms with Gasteiger partial charge in [-0.2, -0.15) is 0 Å². The Labute approximate surface area is 122 Å². The van der Waals surface area contributed by atoms with Gasteiger partial charge in [0.05, 0.1) is 12.7 Å². The monoisotopic (exact) mass is 289 g/mol. The molecular weight excluding hydrogens is 273 g/mol. The van der Waals surface area contributed by atoms with Crippen LogP contribution in [0.5, 0.6) is 5.75 Å². The lowest BCUT2D eigenvalue weighted by Gasteiger charge is -2.17. The number of ether oxygens (including phenoxy) is 1. The number of aromatic carboxylic acids is 1. The van der Waals surface area contributed by atoms with Gasteiger partial charge in [-0.05, 0) is 42.8 Å². The van der Waals surface area contributed by atoms with Gasteiger partial charge in [0.25, 0.3) is 0 Å². The number of carboxylic acid groups (broad SMARTS) is 1. The van der Waals surface area contributed by atoms with E-state index in [1.54, 1.807) is 7.11 Å². The molecule has 4 nitrogen and oxygen atoms in total. The molecule has 0 heterocycles. The lowest BCUT2D eigenvalue weighted by atomic mass is 10.1. The van der Waals surface area contributed by atoms with E-state index in [2.05, 4.69) is 5.32 Å². The molecule has 0 spiro atoms. The van der Waals surface area contributed by atoms with Crippen molar-refractivity contribution in [2.24, 2.45) is 0 Å². The summed E-state index contributed by atoms with van der Waals surface area (Å²) in [5.74, 6) is -0.993. The Morgan fingerprint density at radius 2 is 1.90 bits per heavy atom. The lowest BCUT2D eigenvalue weighted by Crippen LogP contribution is -2.11. The van der Waals surface area contributed by atoms with Crippen LogP contribution in [0, 0.1) is 5.82 Å². The maximum absolute atomic E-state index is 13.1. The first kappa shape index (κ1) is 14.8. The van der Waals surface area contributed by atoms with E-state index in [9.17, 15) is 9.18 Å². The van der Waals surface area contributed by atoms with E-state index in [1.165, 1.54) is 12.1 Å². The van der Waals surface area contributed by atoms with Crippen molar-refractivity contribution in [2.45, 2.75) is 13.0 Å². The number of nitrogens with one attached hydrogen (secondary N) is 1. The molecule has 0 aliphatic heterocycles. The average Bonchev–Trinajstić information content (AvgIpc) is 2.49. The Morgan fingerprint density at radius 3 is 2.48 bits per heavy atom. The van der Waals surface area contributed by atoms with E-state index in [4.69, 9.17) is 9.84 Å². The van der Waals surface area contributed by atoms with E-state index in [-0.39, 0.29) is 11.6 Å². The van der Waals surface area contributed by atoms with Crippen LogP contribution in [-0.2, 0) is 0 Å². The molecular formula is C16H16FNO3. The van der Waals surface area contributed by atoms with Gasteiger partial charge in [-0.1, -0.05) is 12.1 Å². The molecule has 110 valence electrons. The van der Waals surface area contributed by atoms with Crippen molar-refractivity contribution < 1.29 is 19.0 Å². The van der Waals surface area contributed by atoms with Gasteiger partial charge in [0.2, 0.25) is 0 Å². The summed E-state index contributed by atoms with van der Waals surface area (Å²) >= 11 is 0. The highest BCUT2D eigenvalue weighted by Gasteiger charge is 2.14. The highest BCUT2D eigenvalue weighted by atomic mass is 19.1. The molecule has 0 amide bonds. The largest absolute Gasteiger partial charge is 0.497 e. The van der Waals surface area contributed by atoms with E-state index in [0.29, 0.717) is 5.69 Å². The van der Waals surface area contributed by atoms with Gasteiger partial charge in [0.15, 0.2) is 0 Å². The average molecular weight is 289 g/mol. The van der Waals surface area contributed by atoms with Crippen molar-refractivity contribution in [3.8, 4) is 5.75 Å². The molecule has 2 rings (SSSR count). The third kappa shape index (κ3) is 3.51. The van der Waals surface area contributed by atoms with Crippen LogP contribution in [0.2, 0.25) is 0 Å². The molecule has 0 aliphatic rings. The number of benzene rings is 2. The molecule has 0 aliphatic carbocycles. The van der Waals surface area contributed by atoms with Crippen LogP contribution in [0.3, 0.4) is 0 Å². The minimum absolute atomic E-state index is 0.0876. The maximum atomic E-state index is 13.1. The molecule has 0 bridgehead atoms. The summed E-state index contributed by atoms with van der Waals surface area (Å²) < 4.78 is 18.2. The van der Waals surface area contributed by atoms with Crippen LogP contribution in [0.4, 0.5) is 10.1 Å². The van der Waals surface area contributed by atoms with Gasteiger partial charge in [0, 0.05) is 11.7 Å². The van der Waals surface area contributed by atoms with Crippen LogP contribution in [0.15, 0.2) is 42.5 Å². The smallest absolute Gasteiger partial charge is 0.337 e. The zero-order chi connectivity index (χ0) is 15.4. The first-order valence-electron chi connectivity index (χ1n) is 6.44. The number of carboxylic acids is 1. The number of halogens is 1. The quantitative estimate of drug-likeness (QED) is 0.881. The minimum Gasteiger partial charge on any atom is -0.497 e. The molecule has 2 aromatic rings. The van der Waals surface area contributed by atoms with Gasteiger partial charge in [-0.3, -0.25) is 0 Å². The number of methoxy groups -OCH3 is 1. The van der Waals surface area contributed by atoms with E-state index < -0.39 is 11.8 Å². The van der Waals surface area contributed by atoms with Crippen LogP contribution >= 0.6 is 0 Å². The Bertz CT molecular complexity index is 640. The molecule has 0 saturated carbocycles. The molecule has 5 heteroatoms. The molecule has 0 aromatic heterocycles. The van der Waals surface area contributed by atoms with Crippen LogP contribution < -0.4 is 10.1 Å². The van der Waals surface area contributed by atoms with E-state index in [0.717, 1.165) is 17.4 Å². The van der Waals surface area contributed by atoms with Crippen molar-refractivity contribution in [1.29, 1.82) is 0 Å². The Balaban J connectivity index is 2.22. The number of rotatable bonds is 5. The molecule has 0 saturated heterocycles. The summed E-state index contributed by atoms with van der Waals surface area (Å²) in [6.45, 7) is 1.90. The molecule has 0 fully saturated rings. The predicted octanol–water partition coefficient (Wildman–Crippen LogP) is 3.71. The van der Waals surface area contributed by atoms with Crippen molar-refractivity contribution in [2.75, 3.05) is 12.4 Å². The summed E-state index contributed by atoms with van der Waals surface area (Å²) in [4.78, 5) is 11.2. The van der Waals surface area contributed by atoms with E-state index in [1.807, 2.05) is 31.2 Å². The third-order valence-corrected chi connectivity index (χ3v) is 3.20. The second-order valence-electron chi connectivity index (χ2n) is 4.63. The molecule has 1 unspecified atom stereocenters. The molecule has 0 radical (unpaired) electrons. The SMILES string of the molecule is COc1ccc(C(C)Nc2ccc(F)cc2C(=O)O)cc1. The van der Waals surface area contributed by atoms with Gasteiger partial charge in [-0.25, -0.2) is 9.18 Å². The zero-order valence-electron chi connectivity index (χ0n) is 11.8. The summed E-state index contributed by atoms with van der Waals surface area (Å²) in [6.07, 6.45) is 0. The summed E-state index contributed by atoms with van der Waals surface area (Å²) in [7, 11) is 1.59. The fraction of sp³-hybridized carbons (Fsp3) is 0.188. The lowest BCUT2D eigenvalue weighted by molar-refractivity contribution is 0.0697. The second kappa shape index (κ2) is 6.26. The highest BCUT2D eigenvalue weighted by Crippen LogP contribution is 2.24. The van der Waals surface area contributed by atoms with Crippen molar-refractivity contribution >= 4 is 11.7 Å². The van der Waals surface area contributed by atoms with Crippen molar-refractivity contribution in [3.63, 3.8) is 0 Å². The zero-order valence-corrected chi connectivity index (χ0v) is 11.8. The van der Waals surface area contributed by atoms with Crippen LogP contribution in [-0.4, -0.2) is 18.2 Å². The second-order valence-corrected chi connectivity index (χ2v) is 4.63. The molecule has 2 N–H and O–H groups in total. The minimum atomic E-state index is -1.17. The van der Waals surface area contributed by atoms with Gasteiger partial charge >= 0.3 is 5.97 Å². The number of hydrogen-bond acceptors (Lipinski definition) is 3. The van der Waals surface area contributed by atoms with Crippen molar-refractivity contribution in [3.05, 3.63) is 59.4 Å². The summed E-state index contributed by atoms with van der Waals surface area (Å²) in [5, 5.41) is 12.2. The van der Waals surface area contributed by atoms with Gasteiger partial charge in [0.1, 0.15) is 11.6 Å². The standard InChI is InChI=1S/C16H16FNO3/c1-10(11-3-6-13(21-2)7-4-11)18-15-8-5-12(17)9-14(15)16(19)20/h3-10,18H,1-2H3,(H,19,20). The first-order chi connectivity index (χ1) is 10.0. The van der Waals surface area contributed by atoms with Crippen LogP contribution in [0.1, 0.15) is 28.9 Å². The van der Waals surface area contributed by atoms with Gasteiger partial charge < -0.3 is 15.2 Å². The topological polar surface area (TPSA) is 58.6 Å². The van der Waals surface area contributed by atoms with Crippen molar-refractivity contribution in [1.82, 2.24) is 0 Å². The summed E-state index contributed by atoms with van der Waals surface area (Å²) in [6, 6.07) is 11.0. The Hall–Kier alpha value is -2.56. The van der Waals surface area contributed by atoms with E-state index >= 15 is 0 Å². The number of hydrogen-bond donors (Lipinski definition) is 2. The number of anilines is 1. The fourth-order valence-electron chi connectivity index (χ4n) is 2.03. The normalized spacial score (nSPS) is 11.8. The molecule has 1 atom stereocenters. The highest BCUT2D eigenvalue weighted by molar-refractivity contribution is 5.94. The molecule has 21 heavy (non-hydrogen) atoms. The van der Waals surface area contributed by atoms with Gasteiger partial charge in [-0.15, -0.1) is 0 Å². The molecule has 2 aromatic carbocycles. The Morgan fingerprint density at radius 1 is 1.24 bits per heavy atom. The Kier molecular flexibility index (Phi) is 4.42. The first-order valence-corrected chi connectivity index (χ1v) is 6.44. The predicted molar refractivity (Wildman–Crippen MR) is 78.4 cm³/mol. The maximum Gasteiger partial charge on any atom is 0.337 e.